The number of sulfonamides is 1. The van der Waals surface area contributed by atoms with Gasteiger partial charge in [0.1, 0.15) is 0 Å². The van der Waals surface area contributed by atoms with Crippen molar-refractivity contribution in [3.05, 3.63) is 29.3 Å². The van der Waals surface area contributed by atoms with Crippen LogP contribution in [0.1, 0.15) is 56.2 Å². The molecule has 0 aromatic heterocycles. The minimum Gasteiger partial charge on any atom is -0.350 e. The molecule has 6 nitrogen and oxygen atoms in total. The summed E-state index contributed by atoms with van der Waals surface area (Å²) in [5.74, 6) is -0.0795. The zero-order valence-corrected chi connectivity index (χ0v) is 16.8. The van der Waals surface area contributed by atoms with Gasteiger partial charge in [0, 0.05) is 39.1 Å². The van der Waals surface area contributed by atoms with Crippen LogP contribution in [0.5, 0.6) is 0 Å². The van der Waals surface area contributed by atoms with Crippen LogP contribution in [0.4, 0.5) is 0 Å². The van der Waals surface area contributed by atoms with Gasteiger partial charge in [0.15, 0.2) is 0 Å². The van der Waals surface area contributed by atoms with E-state index >= 15 is 0 Å². The molecule has 2 aliphatic carbocycles. The average molecular weight is 392 g/mol. The zero-order chi connectivity index (χ0) is 19.0. The Hall–Kier alpha value is -1.44. The molecule has 2 fully saturated rings. The summed E-state index contributed by atoms with van der Waals surface area (Å²) in [6.45, 7) is 4.27. The van der Waals surface area contributed by atoms with E-state index in [1.54, 1.807) is 16.4 Å². The minimum atomic E-state index is -3.49. The Labute approximate surface area is 162 Å². The molecule has 1 amide bonds. The van der Waals surface area contributed by atoms with Gasteiger partial charge in [-0.15, -0.1) is 0 Å². The van der Waals surface area contributed by atoms with E-state index in [9.17, 15) is 13.2 Å². The third-order valence-electron chi connectivity index (χ3n) is 6.32. The fraction of sp³-hybridized carbons (Fsp3) is 0.650. The van der Waals surface area contributed by atoms with Crippen LogP contribution in [-0.4, -0.2) is 55.8 Å². The minimum absolute atomic E-state index is 0.0770. The predicted octanol–water partition coefficient (Wildman–Crippen LogP) is 2.06. The third-order valence-corrected chi connectivity index (χ3v) is 8.22. The highest BCUT2D eigenvalue weighted by molar-refractivity contribution is 7.89. The lowest BCUT2D eigenvalue weighted by Gasteiger charge is -2.37. The van der Waals surface area contributed by atoms with E-state index in [1.165, 1.54) is 32.6 Å². The van der Waals surface area contributed by atoms with Gasteiger partial charge in [0.2, 0.25) is 15.9 Å². The summed E-state index contributed by atoms with van der Waals surface area (Å²) in [5, 5.41) is 2.94. The van der Waals surface area contributed by atoms with Gasteiger partial charge in [-0.05, 0) is 48.9 Å². The molecule has 4 rings (SSSR count). The van der Waals surface area contributed by atoms with Gasteiger partial charge in [-0.25, -0.2) is 8.42 Å². The number of rotatable bonds is 4. The van der Waals surface area contributed by atoms with Crippen molar-refractivity contribution < 1.29 is 13.2 Å². The van der Waals surface area contributed by atoms with Crippen LogP contribution in [-0.2, 0) is 21.2 Å². The lowest BCUT2D eigenvalue weighted by Crippen LogP contribution is -2.51. The average Bonchev–Trinajstić information content (AvgIpc) is 3.31. The van der Waals surface area contributed by atoms with Gasteiger partial charge in [0.25, 0.3) is 0 Å². The summed E-state index contributed by atoms with van der Waals surface area (Å²) in [6, 6.07) is 5.99. The van der Waals surface area contributed by atoms with Gasteiger partial charge in [-0.2, -0.15) is 4.31 Å². The van der Waals surface area contributed by atoms with Gasteiger partial charge in [0.05, 0.1) is 10.9 Å². The Balaban J connectivity index is 1.49. The molecule has 1 N–H and O–H groups in total. The second kappa shape index (κ2) is 7.53. The number of aryl methyl sites for hydroxylation is 1. The summed E-state index contributed by atoms with van der Waals surface area (Å²) in [4.78, 5) is 14.3. The van der Waals surface area contributed by atoms with Gasteiger partial charge in [-0.1, -0.05) is 18.9 Å². The van der Waals surface area contributed by atoms with Crippen molar-refractivity contribution in [2.75, 3.05) is 26.2 Å². The zero-order valence-electron chi connectivity index (χ0n) is 16.0. The maximum absolute atomic E-state index is 13.2. The van der Waals surface area contributed by atoms with Crippen molar-refractivity contribution in [1.82, 2.24) is 14.5 Å². The molecule has 7 heteroatoms. The van der Waals surface area contributed by atoms with Crippen molar-refractivity contribution in [2.24, 2.45) is 0 Å². The normalized spacial score (nSPS) is 24.9. The maximum Gasteiger partial charge on any atom is 0.243 e. The molecule has 1 heterocycles. The van der Waals surface area contributed by atoms with Crippen LogP contribution >= 0.6 is 0 Å². The van der Waals surface area contributed by atoms with Crippen LogP contribution in [0.2, 0.25) is 0 Å². The quantitative estimate of drug-likeness (QED) is 0.853. The number of nitrogens with one attached hydrogen (secondary N) is 1. The molecule has 0 spiro atoms. The highest BCUT2D eigenvalue weighted by Gasteiger charge is 2.33. The lowest BCUT2D eigenvalue weighted by molar-refractivity contribution is -0.119. The number of nitrogens with zero attached hydrogens (tertiary/aromatic N) is 2. The first kappa shape index (κ1) is 18.9. The van der Waals surface area contributed by atoms with Crippen LogP contribution in [0, 0.1) is 0 Å². The lowest BCUT2D eigenvalue weighted by atomic mass is 10.1. The Morgan fingerprint density at radius 1 is 1.07 bits per heavy atom. The van der Waals surface area contributed by atoms with Gasteiger partial charge >= 0.3 is 0 Å². The third kappa shape index (κ3) is 3.77. The standard InChI is InChI=1S/C20H29N3O3S/c1-15(24)21-20-9-7-16-6-8-18(14-19(16)20)27(25,26)23-12-10-22(11-13-23)17-4-2-3-5-17/h6,8,14,17,20H,2-5,7,9-13H2,1H3,(H,21,24). The van der Waals surface area contributed by atoms with Gasteiger partial charge < -0.3 is 5.32 Å². The highest BCUT2D eigenvalue weighted by Crippen LogP contribution is 2.34. The maximum atomic E-state index is 13.2. The number of amides is 1. The Morgan fingerprint density at radius 3 is 2.44 bits per heavy atom. The largest absolute Gasteiger partial charge is 0.350 e. The fourth-order valence-electron chi connectivity index (χ4n) is 4.86. The van der Waals surface area contributed by atoms with E-state index in [1.807, 2.05) is 6.07 Å². The number of carbonyl (C=O) groups is 1. The Bertz CT molecular complexity index is 810. The molecular formula is C20H29N3O3S. The number of piperazine rings is 1. The molecule has 27 heavy (non-hydrogen) atoms. The van der Waals surface area contributed by atoms with E-state index in [2.05, 4.69) is 10.2 Å². The number of fused-ring (bicyclic) bond motifs is 1. The van der Waals surface area contributed by atoms with Crippen molar-refractivity contribution in [3.63, 3.8) is 0 Å². The molecule has 1 atom stereocenters. The van der Waals surface area contributed by atoms with Crippen LogP contribution < -0.4 is 5.32 Å². The monoisotopic (exact) mass is 391 g/mol. The fourth-order valence-corrected chi connectivity index (χ4v) is 6.32. The van der Waals surface area contributed by atoms with Crippen molar-refractivity contribution in [2.45, 2.75) is 62.4 Å². The topological polar surface area (TPSA) is 69.7 Å². The summed E-state index contributed by atoms with van der Waals surface area (Å²) < 4.78 is 28.0. The van der Waals surface area contributed by atoms with Crippen molar-refractivity contribution in [1.29, 1.82) is 0 Å². The summed E-state index contributed by atoms with van der Waals surface area (Å²) >= 11 is 0. The molecule has 1 aromatic carbocycles. The molecule has 0 radical (unpaired) electrons. The second-order valence-electron chi connectivity index (χ2n) is 8.03. The van der Waals surface area contributed by atoms with Gasteiger partial charge in [-0.3, -0.25) is 9.69 Å². The molecule has 1 unspecified atom stereocenters. The van der Waals surface area contributed by atoms with Crippen molar-refractivity contribution in [3.8, 4) is 0 Å². The SMILES string of the molecule is CC(=O)NC1CCc2ccc(S(=O)(=O)N3CCN(C4CCCC4)CC3)cc21. The summed E-state index contributed by atoms with van der Waals surface area (Å²) in [5.41, 5.74) is 2.09. The smallest absolute Gasteiger partial charge is 0.243 e. The molecule has 1 saturated carbocycles. The van der Waals surface area contributed by atoms with E-state index < -0.39 is 10.0 Å². The second-order valence-corrected chi connectivity index (χ2v) is 9.97. The first-order valence-corrected chi connectivity index (χ1v) is 11.5. The van der Waals surface area contributed by atoms with E-state index in [-0.39, 0.29) is 11.9 Å². The van der Waals surface area contributed by atoms with Crippen LogP contribution in [0.15, 0.2) is 23.1 Å². The van der Waals surface area contributed by atoms with Crippen molar-refractivity contribution >= 4 is 15.9 Å². The number of carbonyl (C=O) groups excluding carboxylic acids is 1. The molecular weight excluding hydrogens is 362 g/mol. The highest BCUT2D eigenvalue weighted by atomic mass is 32.2. The van der Waals surface area contributed by atoms with E-state index in [4.69, 9.17) is 0 Å². The van der Waals surface area contributed by atoms with Crippen LogP contribution in [0.3, 0.4) is 0 Å². The first-order chi connectivity index (χ1) is 12.9. The summed E-state index contributed by atoms with van der Waals surface area (Å²) in [7, 11) is -3.49. The molecule has 1 aliphatic heterocycles. The number of hydrogen-bond donors (Lipinski definition) is 1. The van der Waals surface area contributed by atoms with E-state index in [0.29, 0.717) is 24.0 Å². The van der Waals surface area contributed by atoms with E-state index in [0.717, 1.165) is 37.1 Å². The predicted molar refractivity (Wildman–Crippen MR) is 104 cm³/mol. The molecule has 0 bridgehead atoms. The molecule has 1 saturated heterocycles. The molecule has 1 aromatic rings. The Morgan fingerprint density at radius 2 is 1.78 bits per heavy atom. The first-order valence-electron chi connectivity index (χ1n) is 10.1. The Kier molecular flexibility index (Phi) is 5.27. The number of hydrogen-bond acceptors (Lipinski definition) is 4. The molecule has 148 valence electrons. The number of benzene rings is 1. The summed E-state index contributed by atoms with van der Waals surface area (Å²) in [6.07, 6.45) is 6.81. The van der Waals surface area contributed by atoms with Crippen LogP contribution in [0.25, 0.3) is 0 Å². The molecule has 3 aliphatic rings.